The Morgan fingerprint density at radius 1 is 0.468 bits per heavy atom. The molecule has 1 amide bonds. The van der Waals surface area contributed by atoms with Gasteiger partial charge < -0.3 is 62.2 Å². The number of esters is 1. The Labute approximate surface area is 278 Å². The highest BCUT2D eigenvalue weighted by molar-refractivity contribution is 5.88. The molecule has 15 nitrogen and oxygen atoms in total. The second kappa shape index (κ2) is 33.5. The Balaban J connectivity index is 1.66. The maximum absolute atomic E-state index is 11.0. The van der Waals surface area contributed by atoms with Gasteiger partial charge in [-0.1, -0.05) is 0 Å². The molecule has 0 aliphatic rings. The van der Waals surface area contributed by atoms with Gasteiger partial charge >= 0.3 is 5.97 Å². The first-order chi connectivity index (χ1) is 23.1. The van der Waals surface area contributed by atoms with Gasteiger partial charge in [-0.15, -0.1) is 0 Å². The summed E-state index contributed by atoms with van der Waals surface area (Å²) in [7, 11) is 1.35. The van der Waals surface area contributed by atoms with E-state index in [-0.39, 0.29) is 18.3 Å². The van der Waals surface area contributed by atoms with E-state index in [0.29, 0.717) is 144 Å². The number of anilines is 1. The smallest absolute Gasteiger partial charge is 0.307 e. The van der Waals surface area contributed by atoms with Gasteiger partial charge in [0.2, 0.25) is 5.91 Å². The topological polar surface area (TPSA) is 157 Å². The predicted molar refractivity (Wildman–Crippen MR) is 171 cm³/mol. The van der Waals surface area contributed by atoms with Crippen LogP contribution in [0.15, 0.2) is 24.3 Å². The summed E-state index contributed by atoms with van der Waals surface area (Å²) in [6.07, 6.45) is 0.241. The summed E-state index contributed by atoms with van der Waals surface area (Å²) in [5.74, 6) is 0.313. The monoisotopic (exact) mass is 677 g/mol. The van der Waals surface area contributed by atoms with E-state index < -0.39 is 0 Å². The highest BCUT2D eigenvalue weighted by Crippen LogP contribution is 2.15. The van der Waals surface area contributed by atoms with E-state index in [1.54, 1.807) is 24.3 Å². The van der Waals surface area contributed by atoms with Crippen LogP contribution in [0.5, 0.6) is 5.75 Å². The number of methoxy groups -OCH3 is 1. The molecule has 15 heteroatoms. The van der Waals surface area contributed by atoms with Crippen molar-refractivity contribution in [3.63, 3.8) is 0 Å². The van der Waals surface area contributed by atoms with Crippen molar-refractivity contribution < 1.29 is 66.4 Å². The highest BCUT2D eigenvalue weighted by atomic mass is 16.6. The summed E-state index contributed by atoms with van der Waals surface area (Å²) >= 11 is 0. The number of benzene rings is 1. The highest BCUT2D eigenvalue weighted by Gasteiger charge is 2.00. The molecule has 0 saturated carbocycles. The Hall–Kier alpha value is -2.44. The van der Waals surface area contributed by atoms with Crippen molar-refractivity contribution in [1.82, 2.24) is 0 Å². The van der Waals surface area contributed by atoms with Crippen LogP contribution in [-0.2, 0) is 61.7 Å². The molecule has 1 N–H and O–H groups in total. The van der Waals surface area contributed by atoms with Crippen LogP contribution in [-0.4, -0.2) is 158 Å². The van der Waals surface area contributed by atoms with E-state index in [4.69, 9.17) is 52.1 Å². The molecule has 1 aromatic carbocycles. The molecule has 0 fully saturated rings. The number of hydrogen-bond donors (Lipinski definition) is 1. The van der Waals surface area contributed by atoms with Crippen LogP contribution in [0, 0.1) is 0 Å². The molecule has 47 heavy (non-hydrogen) atoms. The SMILES string of the molecule is COC(=O)CCOCCOCCOCCOCCOCCOCCOCCOCCOCCOCCOc1ccc(NC(C)=O)cc1. The molecule has 0 aliphatic carbocycles. The minimum Gasteiger partial charge on any atom is -0.491 e. The maximum Gasteiger partial charge on any atom is 0.307 e. The fourth-order valence-electron chi connectivity index (χ4n) is 3.40. The zero-order chi connectivity index (χ0) is 33.9. The third kappa shape index (κ3) is 30.6. The lowest BCUT2D eigenvalue weighted by Crippen LogP contribution is -2.15. The molecule has 0 aliphatic heterocycles. The standard InChI is InChI=1S/C32H55NO14/c1-29(34)33-30-3-5-31(6-4-30)47-28-27-46-26-25-45-24-23-44-22-21-43-20-19-42-18-17-41-16-15-40-14-13-39-12-11-38-10-9-37-8-7-32(35)36-2/h3-6H,7-28H2,1-2H3,(H,33,34). The van der Waals surface area contributed by atoms with E-state index >= 15 is 0 Å². The molecule has 1 aromatic rings. The van der Waals surface area contributed by atoms with Crippen molar-refractivity contribution in [3.8, 4) is 5.75 Å². The van der Waals surface area contributed by atoms with Crippen LogP contribution in [0.25, 0.3) is 0 Å². The third-order valence-electron chi connectivity index (χ3n) is 5.70. The number of amides is 1. The fourth-order valence-corrected chi connectivity index (χ4v) is 3.40. The molecule has 272 valence electrons. The Morgan fingerprint density at radius 2 is 0.766 bits per heavy atom. The number of carbonyl (C=O) groups is 2. The number of carbonyl (C=O) groups excluding carboxylic acids is 2. The molecule has 0 unspecified atom stereocenters. The lowest BCUT2D eigenvalue weighted by Gasteiger charge is -2.09. The van der Waals surface area contributed by atoms with Crippen LogP contribution < -0.4 is 10.1 Å². The van der Waals surface area contributed by atoms with Crippen molar-refractivity contribution in [2.45, 2.75) is 13.3 Å². The van der Waals surface area contributed by atoms with Crippen LogP contribution >= 0.6 is 0 Å². The summed E-state index contributed by atoms with van der Waals surface area (Å²) in [5, 5.41) is 2.71. The van der Waals surface area contributed by atoms with Crippen LogP contribution in [0.2, 0.25) is 0 Å². The first-order valence-corrected chi connectivity index (χ1v) is 16.0. The Kier molecular flexibility index (Phi) is 30.3. The van der Waals surface area contributed by atoms with Gasteiger partial charge in [0.25, 0.3) is 0 Å². The molecular weight excluding hydrogens is 622 g/mol. The van der Waals surface area contributed by atoms with Gasteiger partial charge in [0.15, 0.2) is 0 Å². The quantitative estimate of drug-likeness (QED) is 0.0819. The lowest BCUT2D eigenvalue weighted by molar-refractivity contribution is -0.142. The van der Waals surface area contributed by atoms with E-state index in [0.717, 1.165) is 5.69 Å². The first-order valence-electron chi connectivity index (χ1n) is 16.0. The molecule has 0 radical (unpaired) electrons. The molecule has 0 saturated heterocycles. The number of rotatable bonds is 35. The number of ether oxygens (including phenoxy) is 12. The van der Waals surface area contributed by atoms with Gasteiger partial charge in [-0.3, -0.25) is 9.59 Å². The van der Waals surface area contributed by atoms with Crippen molar-refractivity contribution >= 4 is 17.6 Å². The van der Waals surface area contributed by atoms with Crippen LogP contribution in [0.4, 0.5) is 5.69 Å². The zero-order valence-corrected chi connectivity index (χ0v) is 28.1. The van der Waals surface area contributed by atoms with Gasteiger partial charge in [0.05, 0.1) is 146 Å². The minimum absolute atomic E-state index is 0.111. The largest absolute Gasteiger partial charge is 0.491 e. The van der Waals surface area contributed by atoms with Crippen LogP contribution in [0.3, 0.4) is 0 Å². The third-order valence-corrected chi connectivity index (χ3v) is 5.70. The minimum atomic E-state index is -0.289. The van der Waals surface area contributed by atoms with Crippen molar-refractivity contribution in [2.75, 3.05) is 151 Å². The molecule has 0 bridgehead atoms. The molecule has 0 aromatic heterocycles. The van der Waals surface area contributed by atoms with Crippen molar-refractivity contribution in [1.29, 1.82) is 0 Å². The summed E-state index contributed by atoms with van der Waals surface area (Å²) in [6, 6.07) is 7.16. The average molecular weight is 678 g/mol. The Morgan fingerprint density at radius 3 is 1.06 bits per heavy atom. The predicted octanol–water partition coefficient (Wildman–Crippen LogP) is 1.75. The van der Waals surface area contributed by atoms with Gasteiger partial charge in [-0.2, -0.15) is 0 Å². The zero-order valence-electron chi connectivity index (χ0n) is 28.1. The van der Waals surface area contributed by atoms with E-state index in [9.17, 15) is 9.59 Å². The van der Waals surface area contributed by atoms with Gasteiger partial charge in [0, 0.05) is 12.6 Å². The van der Waals surface area contributed by atoms with Crippen molar-refractivity contribution in [2.24, 2.45) is 0 Å². The second-order valence-corrected chi connectivity index (χ2v) is 9.50. The maximum atomic E-state index is 11.0. The van der Waals surface area contributed by atoms with Gasteiger partial charge in [-0.05, 0) is 24.3 Å². The molecule has 0 heterocycles. The van der Waals surface area contributed by atoms with E-state index in [2.05, 4.69) is 10.1 Å². The molecular formula is C32H55NO14. The number of nitrogens with one attached hydrogen (secondary N) is 1. The first kappa shape index (κ1) is 42.6. The number of hydrogen-bond acceptors (Lipinski definition) is 14. The normalized spacial score (nSPS) is 11.1. The lowest BCUT2D eigenvalue weighted by atomic mass is 10.3. The van der Waals surface area contributed by atoms with Crippen LogP contribution in [0.1, 0.15) is 13.3 Å². The summed E-state index contributed by atoms with van der Waals surface area (Å²) < 4.78 is 64.4. The molecule has 1 rings (SSSR count). The van der Waals surface area contributed by atoms with E-state index in [1.165, 1.54) is 14.0 Å². The van der Waals surface area contributed by atoms with Gasteiger partial charge in [0.1, 0.15) is 12.4 Å². The summed E-state index contributed by atoms with van der Waals surface area (Å²) in [5.41, 5.74) is 0.728. The summed E-state index contributed by atoms with van der Waals surface area (Å²) in [6.45, 7) is 11.3. The second-order valence-electron chi connectivity index (χ2n) is 9.50. The Bertz CT molecular complexity index is 846. The van der Waals surface area contributed by atoms with Crippen molar-refractivity contribution in [3.05, 3.63) is 24.3 Å². The fraction of sp³-hybridized carbons (Fsp3) is 0.750. The van der Waals surface area contributed by atoms with E-state index in [1.807, 2.05) is 0 Å². The average Bonchev–Trinajstić information content (AvgIpc) is 3.07. The molecule has 0 atom stereocenters. The summed E-state index contributed by atoms with van der Waals surface area (Å²) in [4.78, 5) is 21.9. The molecule has 0 spiro atoms. The van der Waals surface area contributed by atoms with Gasteiger partial charge in [-0.25, -0.2) is 0 Å².